The molecule has 0 atom stereocenters. The van der Waals surface area contributed by atoms with E-state index in [1.165, 1.54) is 18.2 Å². The molecular formula is C12H8ClF3N2O. The van der Waals surface area contributed by atoms with E-state index in [1.807, 2.05) is 0 Å². The fourth-order valence-corrected chi connectivity index (χ4v) is 1.48. The fraction of sp³-hybridized carbons (Fsp3) is 0.167. The van der Waals surface area contributed by atoms with Gasteiger partial charge in [0.1, 0.15) is 5.88 Å². The summed E-state index contributed by atoms with van der Waals surface area (Å²) in [5.41, 5.74) is -0.318. The van der Waals surface area contributed by atoms with Gasteiger partial charge in [0.15, 0.2) is 0 Å². The first-order chi connectivity index (χ1) is 8.99. The zero-order valence-corrected chi connectivity index (χ0v) is 10.2. The van der Waals surface area contributed by atoms with Crippen LogP contribution in [0.25, 0.3) is 12.2 Å². The van der Waals surface area contributed by atoms with Gasteiger partial charge in [0.25, 0.3) is 0 Å². The predicted molar refractivity (Wildman–Crippen MR) is 64.2 cm³/mol. The minimum Gasteiger partial charge on any atom is -0.420 e. The molecule has 0 aliphatic rings. The van der Waals surface area contributed by atoms with Gasteiger partial charge in [0, 0.05) is 6.08 Å². The molecule has 0 fully saturated rings. The third-order valence-electron chi connectivity index (χ3n) is 2.23. The molecule has 7 heteroatoms. The van der Waals surface area contributed by atoms with Crippen molar-refractivity contribution in [3.8, 4) is 0 Å². The summed E-state index contributed by atoms with van der Waals surface area (Å²) in [4.78, 5) is 0. The molecule has 19 heavy (non-hydrogen) atoms. The van der Waals surface area contributed by atoms with Crippen LogP contribution in [0, 0.1) is 0 Å². The standard InChI is InChI=1S/C12H8ClF3N2O/c13-7-11-18-17-10(19-11)5-4-8-2-1-3-9(6-8)12(14,15)16/h1-6H,7H2/b5-4+. The van der Waals surface area contributed by atoms with Crippen LogP contribution in [0.15, 0.2) is 28.7 Å². The molecule has 1 aromatic carbocycles. The van der Waals surface area contributed by atoms with Crippen LogP contribution >= 0.6 is 11.6 Å². The average Bonchev–Trinajstić information content (AvgIpc) is 2.84. The van der Waals surface area contributed by atoms with Gasteiger partial charge in [-0.2, -0.15) is 13.2 Å². The summed E-state index contributed by atoms with van der Waals surface area (Å²) >= 11 is 5.48. The van der Waals surface area contributed by atoms with Crippen molar-refractivity contribution >= 4 is 23.8 Å². The van der Waals surface area contributed by atoms with Crippen LogP contribution in [0.1, 0.15) is 22.9 Å². The number of hydrogen-bond acceptors (Lipinski definition) is 3. The van der Waals surface area contributed by atoms with Crippen LogP contribution in [-0.4, -0.2) is 10.2 Å². The molecule has 0 saturated heterocycles. The Balaban J connectivity index is 2.19. The Kier molecular flexibility index (Phi) is 3.90. The number of aromatic nitrogens is 2. The van der Waals surface area contributed by atoms with Gasteiger partial charge < -0.3 is 4.42 Å². The maximum Gasteiger partial charge on any atom is 0.416 e. The quantitative estimate of drug-likeness (QED) is 0.801. The molecule has 100 valence electrons. The summed E-state index contributed by atoms with van der Waals surface area (Å²) in [5, 5.41) is 7.29. The monoisotopic (exact) mass is 288 g/mol. The third kappa shape index (κ3) is 3.57. The molecular weight excluding hydrogens is 281 g/mol. The second kappa shape index (κ2) is 5.44. The van der Waals surface area contributed by atoms with Crippen molar-refractivity contribution in [3.63, 3.8) is 0 Å². The summed E-state index contributed by atoms with van der Waals surface area (Å²) in [6.07, 6.45) is -1.47. The highest BCUT2D eigenvalue weighted by Gasteiger charge is 2.30. The zero-order valence-electron chi connectivity index (χ0n) is 9.49. The van der Waals surface area contributed by atoms with Crippen LogP contribution < -0.4 is 0 Å². The van der Waals surface area contributed by atoms with E-state index in [0.29, 0.717) is 5.56 Å². The Bertz CT molecular complexity index is 593. The fourth-order valence-electron chi connectivity index (χ4n) is 1.37. The van der Waals surface area contributed by atoms with Crippen LogP contribution in [-0.2, 0) is 12.1 Å². The van der Waals surface area contributed by atoms with Crippen molar-refractivity contribution in [3.05, 3.63) is 47.2 Å². The number of nitrogens with zero attached hydrogens (tertiary/aromatic N) is 2. The first-order valence-corrected chi connectivity index (χ1v) is 5.76. The van der Waals surface area contributed by atoms with E-state index in [-0.39, 0.29) is 17.7 Å². The smallest absolute Gasteiger partial charge is 0.416 e. The van der Waals surface area contributed by atoms with E-state index in [0.717, 1.165) is 12.1 Å². The second-order valence-corrected chi connectivity index (χ2v) is 3.89. The Labute approximate surface area is 111 Å². The molecule has 0 N–H and O–H groups in total. The molecule has 0 saturated carbocycles. The van der Waals surface area contributed by atoms with Crippen LogP contribution in [0.2, 0.25) is 0 Å². The Morgan fingerprint density at radius 3 is 2.63 bits per heavy atom. The van der Waals surface area contributed by atoms with Crippen molar-refractivity contribution in [2.45, 2.75) is 12.1 Å². The van der Waals surface area contributed by atoms with Crippen molar-refractivity contribution in [1.82, 2.24) is 10.2 Å². The molecule has 2 rings (SSSR count). The highest BCUT2D eigenvalue weighted by atomic mass is 35.5. The van der Waals surface area contributed by atoms with Gasteiger partial charge in [-0.3, -0.25) is 0 Å². The topological polar surface area (TPSA) is 38.9 Å². The Morgan fingerprint density at radius 1 is 1.21 bits per heavy atom. The number of rotatable bonds is 3. The Morgan fingerprint density at radius 2 is 2.00 bits per heavy atom. The highest BCUT2D eigenvalue weighted by Crippen LogP contribution is 2.29. The van der Waals surface area contributed by atoms with Gasteiger partial charge in [0.2, 0.25) is 11.8 Å². The average molecular weight is 289 g/mol. The van der Waals surface area contributed by atoms with Crippen LogP contribution in [0.5, 0.6) is 0 Å². The normalized spacial score (nSPS) is 12.2. The first kappa shape index (κ1) is 13.6. The largest absolute Gasteiger partial charge is 0.420 e. The molecule has 0 unspecified atom stereocenters. The maximum atomic E-state index is 12.5. The van der Waals surface area contributed by atoms with Gasteiger partial charge in [-0.1, -0.05) is 12.1 Å². The molecule has 2 aromatic rings. The van der Waals surface area contributed by atoms with Gasteiger partial charge in [0.05, 0.1) is 5.56 Å². The lowest BCUT2D eigenvalue weighted by Gasteiger charge is -2.06. The van der Waals surface area contributed by atoms with Crippen molar-refractivity contribution in [1.29, 1.82) is 0 Å². The van der Waals surface area contributed by atoms with Crippen LogP contribution in [0.4, 0.5) is 13.2 Å². The van der Waals surface area contributed by atoms with Gasteiger partial charge in [-0.15, -0.1) is 21.8 Å². The van der Waals surface area contributed by atoms with Gasteiger partial charge in [-0.25, -0.2) is 0 Å². The number of benzene rings is 1. The van der Waals surface area contributed by atoms with Crippen molar-refractivity contribution in [2.24, 2.45) is 0 Å². The minimum absolute atomic E-state index is 0.0877. The van der Waals surface area contributed by atoms with Crippen molar-refractivity contribution in [2.75, 3.05) is 0 Å². The molecule has 0 bridgehead atoms. The molecule has 0 aliphatic carbocycles. The van der Waals surface area contributed by atoms with Crippen LogP contribution in [0.3, 0.4) is 0 Å². The summed E-state index contributed by atoms with van der Waals surface area (Å²) < 4.78 is 42.6. The Hall–Kier alpha value is -1.82. The van der Waals surface area contributed by atoms with E-state index in [9.17, 15) is 13.2 Å². The summed E-state index contributed by atoms with van der Waals surface area (Å²) in [5.74, 6) is 0.531. The lowest BCUT2D eigenvalue weighted by Crippen LogP contribution is -2.04. The maximum absolute atomic E-state index is 12.5. The molecule has 0 amide bonds. The summed E-state index contributed by atoms with van der Waals surface area (Å²) in [6.45, 7) is 0. The molecule has 0 spiro atoms. The van der Waals surface area contributed by atoms with E-state index >= 15 is 0 Å². The summed E-state index contributed by atoms with van der Waals surface area (Å²) in [7, 11) is 0. The third-order valence-corrected chi connectivity index (χ3v) is 2.46. The molecule has 1 aromatic heterocycles. The van der Waals surface area contributed by atoms with Gasteiger partial charge >= 0.3 is 6.18 Å². The van der Waals surface area contributed by atoms with E-state index in [2.05, 4.69) is 10.2 Å². The summed E-state index contributed by atoms with van der Waals surface area (Å²) in [6, 6.07) is 4.93. The number of hydrogen-bond donors (Lipinski definition) is 0. The highest BCUT2D eigenvalue weighted by molar-refractivity contribution is 6.16. The van der Waals surface area contributed by atoms with E-state index in [1.54, 1.807) is 6.07 Å². The van der Waals surface area contributed by atoms with E-state index < -0.39 is 11.7 Å². The number of alkyl halides is 4. The molecule has 1 heterocycles. The predicted octanol–water partition coefficient (Wildman–Crippen LogP) is 4.00. The molecule has 3 nitrogen and oxygen atoms in total. The lowest BCUT2D eigenvalue weighted by atomic mass is 10.1. The SMILES string of the molecule is FC(F)(F)c1cccc(/C=C/c2nnc(CCl)o2)c1. The lowest BCUT2D eigenvalue weighted by molar-refractivity contribution is -0.137. The molecule has 0 aliphatic heterocycles. The molecule has 0 radical (unpaired) electrons. The second-order valence-electron chi connectivity index (χ2n) is 3.62. The number of halogens is 4. The zero-order chi connectivity index (χ0) is 13.9. The van der Waals surface area contributed by atoms with E-state index in [4.69, 9.17) is 16.0 Å². The minimum atomic E-state index is -4.36. The first-order valence-electron chi connectivity index (χ1n) is 5.23. The van der Waals surface area contributed by atoms with Crippen molar-refractivity contribution < 1.29 is 17.6 Å². The van der Waals surface area contributed by atoms with Gasteiger partial charge in [-0.05, 0) is 23.8 Å².